The normalized spacial score (nSPS) is 16.5. The van der Waals surface area contributed by atoms with Crippen LogP contribution in [-0.4, -0.2) is 33.3 Å². The molecule has 23 heavy (non-hydrogen) atoms. The predicted octanol–water partition coefficient (Wildman–Crippen LogP) is 2.06. The molecule has 0 atom stereocenters. The number of hydrogen-bond acceptors (Lipinski definition) is 5. The van der Waals surface area contributed by atoms with Crippen molar-refractivity contribution in [3.63, 3.8) is 0 Å². The molecule has 0 unspecified atom stereocenters. The van der Waals surface area contributed by atoms with E-state index in [1.54, 1.807) is 0 Å². The molecule has 1 saturated heterocycles. The maximum Gasteiger partial charge on any atom is 0.278 e. The zero-order valence-corrected chi connectivity index (χ0v) is 13.2. The molecule has 7 nitrogen and oxygen atoms in total. The molecule has 1 fully saturated rings. The lowest BCUT2D eigenvalue weighted by atomic mass is 10.1. The molecule has 0 radical (unpaired) electrons. The molecule has 1 N–H and O–H groups in total. The van der Waals surface area contributed by atoms with E-state index in [0.717, 1.165) is 17.0 Å². The third kappa shape index (κ3) is 3.43. The highest BCUT2D eigenvalue weighted by Crippen LogP contribution is 2.26. The van der Waals surface area contributed by atoms with Crippen LogP contribution in [0.3, 0.4) is 0 Å². The number of benzene rings is 1. The number of carbonyl (C=O) groups excluding carboxylic acids is 2. The van der Waals surface area contributed by atoms with Crippen LogP contribution < -0.4 is 5.32 Å². The Balaban J connectivity index is 2.51. The molecule has 2 rings (SSSR count). The van der Waals surface area contributed by atoms with Gasteiger partial charge >= 0.3 is 0 Å². The van der Waals surface area contributed by atoms with Gasteiger partial charge in [0.15, 0.2) is 5.11 Å². The van der Waals surface area contributed by atoms with Crippen LogP contribution in [0.25, 0.3) is 6.08 Å². The molecule has 1 aliphatic heterocycles. The first kappa shape index (κ1) is 16.8. The topological polar surface area (TPSA) is 92.6 Å². The summed E-state index contributed by atoms with van der Waals surface area (Å²) in [7, 11) is 0. The lowest BCUT2D eigenvalue weighted by molar-refractivity contribution is -0.385. The van der Waals surface area contributed by atoms with Gasteiger partial charge in [0.25, 0.3) is 17.5 Å². The fourth-order valence-corrected chi connectivity index (χ4v) is 2.36. The van der Waals surface area contributed by atoms with Gasteiger partial charge in [-0.25, -0.2) is 0 Å². The lowest BCUT2D eigenvalue weighted by Gasteiger charge is -2.27. The average molecular weight is 352 g/mol. The van der Waals surface area contributed by atoms with E-state index in [1.807, 2.05) is 0 Å². The van der Waals surface area contributed by atoms with E-state index >= 15 is 0 Å². The molecule has 1 aromatic rings. The molecular formula is C14H10ClN3O4S. The molecule has 0 spiro atoms. The molecule has 9 heteroatoms. The van der Waals surface area contributed by atoms with E-state index < -0.39 is 16.7 Å². The van der Waals surface area contributed by atoms with Gasteiger partial charge in [0.05, 0.1) is 10.5 Å². The maximum absolute atomic E-state index is 12.4. The van der Waals surface area contributed by atoms with Crippen LogP contribution in [0.4, 0.5) is 5.69 Å². The second-order valence-corrected chi connectivity index (χ2v) is 5.31. The lowest BCUT2D eigenvalue weighted by Crippen LogP contribution is -2.53. The van der Waals surface area contributed by atoms with Crippen molar-refractivity contribution < 1.29 is 14.5 Å². The number of nitrogens with one attached hydrogen (secondary N) is 1. The Morgan fingerprint density at radius 1 is 1.43 bits per heavy atom. The largest absolute Gasteiger partial charge is 0.298 e. The summed E-state index contributed by atoms with van der Waals surface area (Å²) in [5.41, 5.74) is -0.482. The summed E-state index contributed by atoms with van der Waals surface area (Å²) in [6, 6.07) is 3.93. The number of nitro benzene ring substituents is 1. The van der Waals surface area contributed by atoms with Crippen LogP contribution >= 0.6 is 23.8 Å². The summed E-state index contributed by atoms with van der Waals surface area (Å²) < 4.78 is 0. The summed E-state index contributed by atoms with van der Waals surface area (Å²) >= 11 is 10.7. The number of amides is 2. The smallest absolute Gasteiger partial charge is 0.278 e. The number of rotatable bonds is 4. The van der Waals surface area contributed by atoms with E-state index in [9.17, 15) is 19.7 Å². The van der Waals surface area contributed by atoms with E-state index in [-0.39, 0.29) is 33.5 Å². The van der Waals surface area contributed by atoms with Gasteiger partial charge in [-0.3, -0.25) is 29.9 Å². The monoisotopic (exact) mass is 351 g/mol. The predicted molar refractivity (Wildman–Crippen MR) is 88.7 cm³/mol. The second-order valence-electron chi connectivity index (χ2n) is 4.48. The Bertz CT molecular complexity index is 775. The first-order chi connectivity index (χ1) is 10.8. The highest BCUT2D eigenvalue weighted by Gasteiger charge is 2.33. The van der Waals surface area contributed by atoms with E-state index in [4.69, 9.17) is 23.8 Å². The fraction of sp³-hybridized carbons (Fsp3) is 0.0714. The Kier molecular flexibility index (Phi) is 4.87. The van der Waals surface area contributed by atoms with E-state index in [2.05, 4.69) is 11.9 Å². The molecule has 118 valence electrons. The van der Waals surface area contributed by atoms with Crippen molar-refractivity contribution in [2.75, 3.05) is 6.54 Å². The second kappa shape index (κ2) is 6.67. The van der Waals surface area contributed by atoms with Crippen molar-refractivity contribution in [1.29, 1.82) is 0 Å². The minimum Gasteiger partial charge on any atom is -0.298 e. The number of nitro groups is 1. The molecule has 1 aliphatic rings. The van der Waals surface area contributed by atoms with Crippen LogP contribution in [-0.2, 0) is 9.59 Å². The fourth-order valence-electron chi connectivity index (χ4n) is 1.94. The standard InChI is InChI=1S/C14H10ClN3O4S/c1-2-5-17-13(20)10(12(19)16-14(17)23)6-8-3-4-9(15)7-11(8)18(21)22/h2-4,6-7H,1,5H2,(H,16,19,23)/b10-6+. The van der Waals surface area contributed by atoms with E-state index in [0.29, 0.717) is 0 Å². The van der Waals surface area contributed by atoms with Crippen LogP contribution in [0.1, 0.15) is 5.56 Å². The van der Waals surface area contributed by atoms with Gasteiger partial charge in [0.1, 0.15) is 5.57 Å². The zero-order chi connectivity index (χ0) is 17.1. The van der Waals surface area contributed by atoms with Gasteiger partial charge in [0, 0.05) is 17.6 Å². The molecule has 1 aromatic carbocycles. The quantitative estimate of drug-likeness (QED) is 0.224. The van der Waals surface area contributed by atoms with Crippen molar-refractivity contribution in [2.45, 2.75) is 0 Å². The highest BCUT2D eigenvalue weighted by molar-refractivity contribution is 7.80. The molecule has 0 aliphatic carbocycles. The van der Waals surface area contributed by atoms with Gasteiger partial charge < -0.3 is 0 Å². The Labute approximate surface area is 141 Å². The Morgan fingerprint density at radius 3 is 2.74 bits per heavy atom. The number of hydrogen-bond donors (Lipinski definition) is 1. The summed E-state index contributed by atoms with van der Waals surface area (Å²) in [5.74, 6) is -1.37. The number of nitrogens with zero attached hydrogens (tertiary/aromatic N) is 2. The van der Waals surface area contributed by atoms with Crippen LogP contribution in [0, 0.1) is 10.1 Å². The first-order valence-corrected chi connectivity index (χ1v) is 7.07. The van der Waals surface area contributed by atoms with Crippen molar-refractivity contribution in [3.05, 3.63) is 57.1 Å². The molecular weight excluding hydrogens is 342 g/mol. The summed E-state index contributed by atoms with van der Waals surface area (Å²) in [4.78, 5) is 35.9. The minimum atomic E-state index is -0.718. The van der Waals surface area contributed by atoms with Crippen molar-refractivity contribution in [3.8, 4) is 0 Å². The van der Waals surface area contributed by atoms with E-state index in [1.165, 1.54) is 18.2 Å². The third-order valence-electron chi connectivity index (χ3n) is 2.99. The molecule has 1 heterocycles. The van der Waals surface area contributed by atoms with Crippen molar-refractivity contribution in [1.82, 2.24) is 10.2 Å². The van der Waals surface area contributed by atoms with Crippen LogP contribution in [0.5, 0.6) is 0 Å². The molecule has 0 saturated carbocycles. The molecule has 0 bridgehead atoms. The third-order valence-corrected chi connectivity index (χ3v) is 3.54. The zero-order valence-electron chi connectivity index (χ0n) is 11.6. The van der Waals surface area contributed by atoms with Crippen molar-refractivity contribution >= 4 is 52.5 Å². The van der Waals surface area contributed by atoms with Crippen LogP contribution in [0.15, 0.2) is 36.4 Å². The average Bonchev–Trinajstić information content (AvgIpc) is 2.48. The minimum absolute atomic E-state index is 0.0392. The van der Waals surface area contributed by atoms with Gasteiger partial charge in [-0.05, 0) is 30.4 Å². The Hall–Kier alpha value is -2.58. The number of carbonyl (C=O) groups is 2. The highest BCUT2D eigenvalue weighted by atomic mass is 35.5. The van der Waals surface area contributed by atoms with Gasteiger partial charge in [-0.2, -0.15) is 0 Å². The number of thiocarbonyl (C=S) groups is 1. The summed E-state index contributed by atoms with van der Waals surface area (Å²) in [6.45, 7) is 3.62. The van der Waals surface area contributed by atoms with Gasteiger partial charge in [0.2, 0.25) is 0 Å². The summed E-state index contributed by atoms with van der Waals surface area (Å²) in [6.07, 6.45) is 2.59. The number of halogens is 1. The summed E-state index contributed by atoms with van der Waals surface area (Å²) in [5, 5.41) is 13.6. The SMILES string of the molecule is C=CCN1C(=O)/C(=C/c2ccc(Cl)cc2[N+](=O)[O-])C(=O)NC1=S. The van der Waals surface area contributed by atoms with Gasteiger partial charge in [-0.1, -0.05) is 17.7 Å². The molecule has 0 aromatic heterocycles. The maximum atomic E-state index is 12.4. The van der Waals surface area contributed by atoms with Crippen LogP contribution in [0.2, 0.25) is 5.02 Å². The Morgan fingerprint density at radius 2 is 2.13 bits per heavy atom. The molecule has 2 amide bonds. The first-order valence-electron chi connectivity index (χ1n) is 6.29. The van der Waals surface area contributed by atoms with Gasteiger partial charge in [-0.15, -0.1) is 6.58 Å². The van der Waals surface area contributed by atoms with Crippen molar-refractivity contribution in [2.24, 2.45) is 0 Å².